The Hall–Kier alpha value is -0.610. The summed E-state index contributed by atoms with van der Waals surface area (Å²) in [7, 11) is 1.21. The highest BCUT2D eigenvalue weighted by Crippen LogP contribution is 1.94. The number of aliphatic hydroxyl groups excluding tert-OH is 2. The summed E-state index contributed by atoms with van der Waals surface area (Å²) in [6, 6.07) is 0. The van der Waals surface area contributed by atoms with E-state index in [1.807, 2.05) is 0 Å². The van der Waals surface area contributed by atoms with Crippen LogP contribution in [0.1, 0.15) is 0 Å². The standard InChI is InChI=1S/C5H10O4/c1-9-5(8)4(2-6)3-7/h4,6-7H,2-3H2,1H3. The van der Waals surface area contributed by atoms with Crippen LogP contribution in [-0.2, 0) is 9.53 Å². The van der Waals surface area contributed by atoms with E-state index in [4.69, 9.17) is 10.2 Å². The Morgan fingerprint density at radius 3 is 2.11 bits per heavy atom. The first-order valence-electron chi connectivity index (χ1n) is 2.55. The Kier molecular flexibility index (Phi) is 4.00. The zero-order chi connectivity index (χ0) is 7.28. The summed E-state index contributed by atoms with van der Waals surface area (Å²) in [5.41, 5.74) is 0. The van der Waals surface area contributed by atoms with Crippen LogP contribution >= 0.6 is 0 Å². The minimum absolute atomic E-state index is 0.372. The van der Waals surface area contributed by atoms with Crippen LogP contribution in [0.2, 0.25) is 0 Å². The van der Waals surface area contributed by atoms with Gasteiger partial charge < -0.3 is 14.9 Å². The molecule has 0 aliphatic rings. The highest BCUT2D eigenvalue weighted by Gasteiger charge is 2.15. The van der Waals surface area contributed by atoms with Gasteiger partial charge in [-0.2, -0.15) is 0 Å². The summed E-state index contributed by atoms with van der Waals surface area (Å²) >= 11 is 0. The molecule has 4 heteroatoms. The molecule has 0 unspecified atom stereocenters. The van der Waals surface area contributed by atoms with Crippen molar-refractivity contribution in [2.45, 2.75) is 0 Å². The molecule has 0 amide bonds. The third-order valence-corrected chi connectivity index (χ3v) is 0.975. The van der Waals surface area contributed by atoms with E-state index in [9.17, 15) is 4.79 Å². The lowest BCUT2D eigenvalue weighted by atomic mass is 10.2. The first-order chi connectivity index (χ1) is 4.26. The molecule has 0 bridgehead atoms. The van der Waals surface area contributed by atoms with Gasteiger partial charge in [0, 0.05) is 0 Å². The number of carbonyl (C=O) groups excluding carboxylic acids is 1. The van der Waals surface area contributed by atoms with E-state index in [1.165, 1.54) is 7.11 Å². The van der Waals surface area contributed by atoms with E-state index < -0.39 is 11.9 Å². The van der Waals surface area contributed by atoms with Crippen LogP contribution in [-0.4, -0.2) is 36.5 Å². The zero-order valence-corrected chi connectivity index (χ0v) is 5.20. The van der Waals surface area contributed by atoms with Crippen molar-refractivity contribution in [3.8, 4) is 0 Å². The van der Waals surface area contributed by atoms with Gasteiger partial charge in [0.1, 0.15) is 5.92 Å². The fourth-order valence-corrected chi connectivity index (χ4v) is 0.373. The van der Waals surface area contributed by atoms with E-state index in [0.29, 0.717) is 0 Å². The second kappa shape index (κ2) is 4.29. The lowest BCUT2D eigenvalue weighted by molar-refractivity contribution is -0.148. The monoisotopic (exact) mass is 134 g/mol. The molecule has 9 heavy (non-hydrogen) atoms. The SMILES string of the molecule is COC(=O)C(CO)CO. The second-order valence-electron chi connectivity index (χ2n) is 1.59. The van der Waals surface area contributed by atoms with Gasteiger partial charge in [0.25, 0.3) is 0 Å². The number of esters is 1. The molecule has 0 saturated carbocycles. The van der Waals surface area contributed by atoms with Crippen LogP contribution in [0.4, 0.5) is 0 Å². The van der Waals surface area contributed by atoms with Gasteiger partial charge in [0.15, 0.2) is 0 Å². The zero-order valence-electron chi connectivity index (χ0n) is 5.20. The summed E-state index contributed by atoms with van der Waals surface area (Å²) in [5.74, 6) is -1.37. The topological polar surface area (TPSA) is 66.8 Å². The number of aliphatic hydroxyl groups is 2. The highest BCUT2D eigenvalue weighted by molar-refractivity contribution is 5.72. The predicted octanol–water partition coefficient (Wildman–Crippen LogP) is -1.24. The van der Waals surface area contributed by atoms with Crippen molar-refractivity contribution < 1.29 is 19.7 Å². The van der Waals surface area contributed by atoms with Gasteiger partial charge in [0.2, 0.25) is 0 Å². The minimum Gasteiger partial charge on any atom is -0.469 e. The van der Waals surface area contributed by atoms with Gasteiger partial charge in [-0.3, -0.25) is 4.79 Å². The van der Waals surface area contributed by atoms with Crippen molar-refractivity contribution in [2.75, 3.05) is 20.3 Å². The fraction of sp³-hybridized carbons (Fsp3) is 0.800. The molecule has 2 N–H and O–H groups in total. The van der Waals surface area contributed by atoms with Crippen LogP contribution in [0.5, 0.6) is 0 Å². The Morgan fingerprint density at radius 1 is 1.56 bits per heavy atom. The molecule has 0 aliphatic heterocycles. The van der Waals surface area contributed by atoms with Gasteiger partial charge in [-0.05, 0) is 0 Å². The van der Waals surface area contributed by atoms with E-state index in [-0.39, 0.29) is 13.2 Å². The van der Waals surface area contributed by atoms with E-state index in [2.05, 4.69) is 4.74 Å². The molecular formula is C5H10O4. The number of carbonyl (C=O) groups is 1. The van der Waals surface area contributed by atoms with Crippen molar-refractivity contribution in [1.82, 2.24) is 0 Å². The summed E-state index contributed by atoms with van der Waals surface area (Å²) in [5, 5.41) is 16.7. The number of hydrogen-bond acceptors (Lipinski definition) is 4. The van der Waals surface area contributed by atoms with Gasteiger partial charge in [0.05, 0.1) is 20.3 Å². The van der Waals surface area contributed by atoms with Gasteiger partial charge in [-0.25, -0.2) is 0 Å². The summed E-state index contributed by atoms with van der Waals surface area (Å²) in [6.45, 7) is -0.744. The van der Waals surface area contributed by atoms with E-state index in [0.717, 1.165) is 0 Å². The maximum Gasteiger partial charge on any atom is 0.313 e. The molecule has 0 aromatic carbocycles. The minimum atomic E-state index is -0.782. The lowest BCUT2D eigenvalue weighted by Crippen LogP contribution is -2.23. The van der Waals surface area contributed by atoms with E-state index in [1.54, 1.807) is 0 Å². The number of ether oxygens (including phenoxy) is 1. The van der Waals surface area contributed by atoms with Crippen LogP contribution in [0.25, 0.3) is 0 Å². The largest absolute Gasteiger partial charge is 0.469 e. The van der Waals surface area contributed by atoms with Crippen molar-refractivity contribution in [1.29, 1.82) is 0 Å². The molecule has 0 atom stereocenters. The molecule has 0 aromatic rings. The normalized spacial score (nSPS) is 9.78. The summed E-state index contributed by atoms with van der Waals surface area (Å²) in [6.07, 6.45) is 0. The number of rotatable bonds is 3. The average Bonchev–Trinajstić information content (AvgIpc) is 1.90. The third-order valence-electron chi connectivity index (χ3n) is 0.975. The number of methoxy groups -OCH3 is 1. The van der Waals surface area contributed by atoms with Crippen LogP contribution in [0.3, 0.4) is 0 Å². The average molecular weight is 134 g/mol. The van der Waals surface area contributed by atoms with Crippen molar-refractivity contribution >= 4 is 5.97 Å². The Balaban J connectivity index is 3.64. The summed E-state index contributed by atoms with van der Waals surface area (Å²) in [4.78, 5) is 10.4. The Bertz CT molecular complexity index is 87.0. The molecule has 0 saturated heterocycles. The molecule has 0 rings (SSSR count). The predicted molar refractivity (Wildman–Crippen MR) is 29.7 cm³/mol. The first kappa shape index (κ1) is 8.39. The lowest BCUT2D eigenvalue weighted by Gasteiger charge is -2.05. The molecule has 4 nitrogen and oxygen atoms in total. The van der Waals surface area contributed by atoms with Crippen LogP contribution in [0.15, 0.2) is 0 Å². The van der Waals surface area contributed by atoms with Crippen LogP contribution in [0, 0.1) is 5.92 Å². The fourth-order valence-electron chi connectivity index (χ4n) is 0.373. The molecule has 54 valence electrons. The first-order valence-corrected chi connectivity index (χ1v) is 2.55. The molecule has 0 fully saturated rings. The van der Waals surface area contributed by atoms with Crippen molar-refractivity contribution in [2.24, 2.45) is 5.92 Å². The van der Waals surface area contributed by atoms with Gasteiger partial charge >= 0.3 is 5.97 Å². The van der Waals surface area contributed by atoms with E-state index >= 15 is 0 Å². The maximum atomic E-state index is 10.4. The quantitative estimate of drug-likeness (QED) is 0.474. The Labute approximate surface area is 53.1 Å². The van der Waals surface area contributed by atoms with Gasteiger partial charge in [-0.1, -0.05) is 0 Å². The molecule has 0 spiro atoms. The third kappa shape index (κ3) is 2.43. The maximum absolute atomic E-state index is 10.4. The molecular weight excluding hydrogens is 124 g/mol. The van der Waals surface area contributed by atoms with Gasteiger partial charge in [-0.15, -0.1) is 0 Å². The van der Waals surface area contributed by atoms with Crippen molar-refractivity contribution in [3.63, 3.8) is 0 Å². The molecule has 0 radical (unpaired) electrons. The smallest absolute Gasteiger partial charge is 0.313 e. The van der Waals surface area contributed by atoms with Crippen molar-refractivity contribution in [3.05, 3.63) is 0 Å². The molecule has 0 aromatic heterocycles. The second-order valence-corrected chi connectivity index (χ2v) is 1.59. The molecule has 0 aliphatic carbocycles. The number of hydrogen-bond donors (Lipinski definition) is 2. The summed E-state index contributed by atoms with van der Waals surface area (Å²) < 4.78 is 4.24. The molecule has 0 heterocycles. The highest BCUT2D eigenvalue weighted by atomic mass is 16.5. The van der Waals surface area contributed by atoms with Crippen LogP contribution < -0.4 is 0 Å². The Morgan fingerprint density at radius 2 is 2.00 bits per heavy atom.